The number of rotatable bonds is 5. The minimum absolute atomic E-state index is 0. The molecule has 0 amide bonds. The minimum atomic E-state index is -0.820. The summed E-state index contributed by atoms with van der Waals surface area (Å²) in [6, 6.07) is 4.27. The maximum Gasteiger partial charge on any atom is 0.191 e. The van der Waals surface area contributed by atoms with Crippen LogP contribution in [-0.4, -0.2) is 25.1 Å². The molecule has 0 heterocycles. The predicted octanol–water partition coefficient (Wildman–Crippen LogP) is 3.65. The van der Waals surface area contributed by atoms with Gasteiger partial charge >= 0.3 is 0 Å². The molecular weight excluding hydrogens is 387 g/mol. The van der Waals surface area contributed by atoms with E-state index in [1.807, 2.05) is 27.7 Å². The molecule has 0 radical (unpaired) electrons. The van der Waals surface area contributed by atoms with Crippen LogP contribution in [0.3, 0.4) is 0 Å². The Morgan fingerprint density at radius 1 is 1.19 bits per heavy atom. The van der Waals surface area contributed by atoms with Crippen LogP contribution < -0.4 is 10.6 Å². The van der Waals surface area contributed by atoms with E-state index >= 15 is 0 Å². The number of nitrogens with zero attached hydrogens (tertiary/aromatic N) is 1. The molecule has 1 unspecified atom stereocenters. The molecule has 0 aliphatic heterocycles. The van der Waals surface area contributed by atoms with E-state index in [1.54, 1.807) is 6.07 Å². The maximum absolute atomic E-state index is 13.2. The summed E-state index contributed by atoms with van der Waals surface area (Å²) in [6.07, 6.45) is 0. The number of aliphatic imine (C=N–C) groups is 1. The topological polar surface area (TPSA) is 36.4 Å². The molecule has 1 aromatic carbocycles. The van der Waals surface area contributed by atoms with Crippen molar-refractivity contribution in [3.8, 4) is 0 Å². The minimum Gasteiger partial charge on any atom is -0.357 e. The third kappa shape index (κ3) is 7.06. The molecule has 3 nitrogen and oxygen atoms in total. The van der Waals surface area contributed by atoms with E-state index in [4.69, 9.17) is 0 Å². The number of nitrogens with one attached hydrogen (secondary N) is 2. The Morgan fingerprint density at radius 2 is 1.86 bits per heavy atom. The van der Waals surface area contributed by atoms with Gasteiger partial charge in [-0.05, 0) is 38.5 Å². The van der Waals surface area contributed by atoms with Gasteiger partial charge < -0.3 is 10.6 Å². The number of hydrogen-bond donors (Lipinski definition) is 2. The summed E-state index contributed by atoms with van der Waals surface area (Å²) < 4.78 is 26.1. The molecule has 0 aromatic heterocycles. The Balaban J connectivity index is 0.00000400. The summed E-state index contributed by atoms with van der Waals surface area (Å²) in [7, 11) is 0. The Hall–Kier alpha value is -0.920. The molecule has 1 aromatic rings. The second-order valence-corrected chi connectivity index (χ2v) is 5.09. The van der Waals surface area contributed by atoms with E-state index in [0.29, 0.717) is 6.54 Å². The van der Waals surface area contributed by atoms with Gasteiger partial charge in [-0.1, -0.05) is 13.0 Å². The molecule has 1 rings (SSSR count). The Kier molecular flexibility index (Phi) is 9.48. The molecular formula is C15H24F2IN3. The molecule has 0 aliphatic carbocycles. The van der Waals surface area contributed by atoms with Crippen molar-refractivity contribution in [3.63, 3.8) is 0 Å². The second kappa shape index (κ2) is 9.92. The normalized spacial score (nSPS) is 12.8. The molecule has 0 bridgehead atoms. The fourth-order valence-corrected chi connectivity index (χ4v) is 1.75. The number of guanidine groups is 1. The summed E-state index contributed by atoms with van der Waals surface area (Å²) in [6.45, 7) is 9.29. The van der Waals surface area contributed by atoms with Gasteiger partial charge in [-0.3, -0.25) is 4.99 Å². The standard InChI is InChI=1S/C15H23F2N3.HI/c1-5-18-15(20-10(2)3)19-9-11(4)12-6-7-13(16)14(17)8-12;/h6-8,10-11H,5,9H2,1-4H3,(H2,18,19,20);1H. The number of halogens is 3. The fraction of sp³-hybridized carbons (Fsp3) is 0.533. The van der Waals surface area contributed by atoms with E-state index in [1.165, 1.54) is 6.07 Å². The van der Waals surface area contributed by atoms with Crippen LogP contribution in [0.5, 0.6) is 0 Å². The van der Waals surface area contributed by atoms with E-state index in [0.717, 1.165) is 24.1 Å². The highest BCUT2D eigenvalue weighted by atomic mass is 127. The van der Waals surface area contributed by atoms with Crippen molar-refractivity contribution in [1.82, 2.24) is 10.6 Å². The lowest BCUT2D eigenvalue weighted by molar-refractivity contribution is 0.505. The van der Waals surface area contributed by atoms with Gasteiger partial charge in [-0.2, -0.15) is 0 Å². The molecule has 6 heteroatoms. The van der Waals surface area contributed by atoms with Crippen LogP contribution in [-0.2, 0) is 0 Å². The van der Waals surface area contributed by atoms with E-state index in [-0.39, 0.29) is 35.9 Å². The third-order valence-corrected chi connectivity index (χ3v) is 2.81. The highest BCUT2D eigenvalue weighted by Crippen LogP contribution is 2.18. The lowest BCUT2D eigenvalue weighted by atomic mass is 10.0. The van der Waals surface area contributed by atoms with Crippen LogP contribution in [0.15, 0.2) is 23.2 Å². The van der Waals surface area contributed by atoms with Crippen LogP contribution in [0.2, 0.25) is 0 Å². The molecule has 0 spiro atoms. The SMILES string of the molecule is CCNC(=NCC(C)c1ccc(F)c(F)c1)NC(C)C.I. The first-order valence-corrected chi connectivity index (χ1v) is 6.93. The van der Waals surface area contributed by atoms with Gasteiger partial charge in [-0.15, -0.1) is 24.0 Å². The number of hydrogen-bond acceptors (Lipinski definition) is 1. The van der Waals surface area contributed by atoms with Crippen molar-refractivity contribution in [3.05, 3.63) is 35.4 Å². The van der Waals surface area contributed by atoms with Crippen LogP contribution in [0.1, 0.15) is 39.2 Å². The van der Waals surface area contributed by atoms with Crippen LogP contribution in [0.25, 0.3) is 0 Å². The van der Waals surface area contributed by atoms with Gasteiger partial charge in [-0.25, -0.2) is 8.78 Å². The first-order chi connectivity index (χ1) is 9.43. The lowest BCUT2D eigenvalue weighted by Gasteiger charge is -2.15. The molecule has 0 saturated carbocycles. The van der Waals surface area contributed by atoms with Crippen molar-refractivity contribution in [2.75, 3.05) is 13.1 Å². The molecule has 0 fully saturated rings. The highest BCUT2D eigenvalue weighted by Gasteiger charge is 2.09. The van der Waals surface area contributed by atoms with E-state index < -0.39 is 11.6 Å². The molecule has 2 N–H and O–H groups in total. The average Bonchev–Trinajstić information content (AvgIpc) is 2.38. The quantitative estimate of drug-likeness (QED) is 0.441. The summed E-state index contributed by atoms with van der Waals surface area (Å²) in [5, 5.41) is 6.36. The summed E-state index contributed by atoms with van der Waals surface area (Å²) in [5.41, 5.74) is 0.744. The monoisotopic (exact) mass is 411 g/mol. The Bertz CT molecular complexity index is 464. The van der Waals surface area contributed by atoms with E-state index in [9.17, 15) is 8.78 Å². The van der Waals surface area contributed by atoms with Gasteiger partial charge in [0.05, 0.1) is 0 Å². The first-order valence-electron chi connectivity index (χ1n) is 6.93. The predicted molar refractivity (Wildman–Crippen MR) is 94.4 cm³/mol. The van der Waals surface area contributed by atoms with Gasteiger partial charge in [0.1, 0.15) is 0 Å². The van der Waals surface area contributed by atoms with Gasteiger partial charge in [0.15, 0.2) is 17.6 Å². The average molecular weight is 411 g/mol. The molecule has 120 valence electrons. The fourth-order valence-electron chi connectivity index (χ4n) is 1.75. The van der Waals surface area contributed by atoms with E-state index in [2.05, 4.69) is 15.6 Å². The van der Waals surface area contributed by atoms with Gasteiger partial charge in [0, 0.05) is 25.0 Å². The second-order valence-electron chi connectivity index (χ2n) is 5.09. The summed E-state index contributed by atoms with van der Waals surface area (Å²) in [5.74, 6) is -0.880. The van der Waals surface area contributed by atoms with Gasteiger partial charge in [0.25, 0.3) is 0 Å². The smallest absolute Gasteiger partial charge is 0.191 e. The van der Waals surface area contributed by atoms with Crippen LogP contribution in [0, 0.1) is 11.6 Å². The third-order valence-electron chi connectivity index (χ3n) is 2.81. The molecule has 0 saturated heterocycles. The molecule has 1 atom stereocenters. The van der Waals surface area contributed by atoms with Crippen LogP contribution in [0.4, 0.5) is 8.78 Å². The molecule has 21 heavy (non-hydrogen) atoms. The summed E-state index contributed by atoms with van der Waals surface area (Å²) >= 11 is 0. The first kappa shape index (κ1) is 20.1. The Labute approximate surface area is 142 Å². The maximum atomic E-state index is 13.2. The van der Waals surface area contributed by atoms with Crippen molar-refractivity contribution in [2.24, 2.45) is 4.99 Å². The van der Waals surface area contributed by atoms with Crippen LogP contribution >= 0.6 is 24.0 Å². The lowest BCUT2D eigenvalue weighted by Crippen LogP contribution is -2.41. The zero-order valence-electron chi connectivity index (χ0n) is 12.9. The zero-order chi connectivity index (χ0) is 15.1. The van der Waals surface area contributed by atoms with Crippen molar-refractivity contribution in [2.45, 2.75) is 39.7 Å². The van der Waals surface area contributed by atoms with Gasteiger partial charge in [0.2, 0.25) is 0 Å². The van der Waals surface area contributed by atoms with Crippen molar-refractivity contribution in [1.29, 1.82) is 0 Å². The highest BCUT2D eigenvalue weighted by molar-refractivity contribution is 14.0. The van der Waals surface area contributed by atoms with Crippen molar-refractivity contribution < 1.29 is 8.78 Å². The largest absolute Gasteiger partial charge is 0.357 e. The van der Waals surface area contributed by atoms with Crippen molar-refractivity contribution >= 4 is 29.9 Å². The Morgan fingerprint density at radius 3 is 2.38 bits per heavy atom. The zero-order valence-corrected chi connectivity index (χ0v) is 15.2. The number of benzene rings is 1. The molecule has 0 aliphatic rings. The summed E-state index contributed by atoms with van der Waals surface area (Å²) in [4.78, 5) is 4.46.